The molecule has 0 unspecified atom stereocenters. The van der Waals surface area contributed by atoms with E-state index in [4.69, 9.17) is 21.6 Å². The Bertz CT molecular complexity index is 578. The van der Waals surface area contributed by atoms with Gasteiger partial charge in [0.25, 0.3) is 5.91 Å². The fraction of sp³-hybridized carbons (Fsp3) is 0.286. The molecule has 0 fully saturated rings. The predicted molar refractivity (Wildman–Crippen MR) is 86.1 cm³/mol. The van der Waals surface area contributed by atoms with E-state index in [0.29, 0.717) is 30.6 Å². The van der Waals surface area contributed by atoms with Crippen molar-refractivity contribution in [3.8, 4) is 0 Å². The van der Waals surface area contributed by atoms with Crippen molar-refractivity contribution >= 4 is 36.0 Å². The second kappa shape index (κ2) is 8.58. The molecule has 0 bridgehead atoms. The van der Waals surface area contributed by atoms with Crippen LogP contribution in [0.15, 0.2) is 30.4 Å². The molecule has 0 saturated carbocycles. The monoisotopic (exact) mass is 324 g/mol. The highest BCUT2D eigenvalue weighted by molar-refractivity contribution is 6.62. The molecule has 1 aromatic carbocycles. The Kier molecular flexibility index (Phi) is 7.11. The number of hydrogen-bond acceptors (Lipinski definition) is 4. The molecule has 118 valence electrons. The molecule has 0 radical (unpaired) electrons. The van der Waals surface area contributed by atoms with Gasteiger partial charge in [0.15, 0.2) is 0 Å². The number of carbonyl (C=O) groups excluding carboxylic acids is 2. The third-order valence-corrected chi connectivity index (χ3v) is 3.18. The van der Waals surface area contributed by atoms with Crippen molar-refractivity contribution in [1.29, 1.82) is 0 Å². The SMILES string of the molecule is C=C(C)C(=O)NCCCNC(=O)c1ccc(B(O)O)c(Cl)c1. The van der Waals surface area contributed by atoms with E-state index in [2.05, 4.69) is 17.2 Å². The van der Waals surface area contributed by atoms with Gasteiger partial charge in [0.2, 0.25) is 5.91 Å². The average molecular weight is 325 g/mol. The van der Waals surface area contributed by atoms with Gasteiger partial charge in [0.1, 0.15) is 0 Å². The highest BCUT2D eigenvalue weighted by Gasteiger charge is 2.16. The smallest absolute Gasteiger partial charge is 0.423 e. The number of benzene rings is 1. The molecular weight excluding hydrogens is 306 g/mol. The van der Waals surface area contributed by atoms with Crippen LogP contribution in [0.2, 0.25) is 5.02 Å². The summed E-state index contributed by atoms with van der Waals surface area (Å²) in [5, 5.41) is 23.5. The maximum absolute atomic E-state index is 11.9. The standard InChI is InChI=1S/C14H18BClN2O4/c1-9(2)13(19)17-6-3-7-18-14(20)10-4-5-11(15(21)22)12(16)8-10/h4-5,8,21-22H,1,3,6-7H2,2H3,(H,17,19)(H,18,20). The van der Waals surface area contributed by atoms with E-state index in [9.17, 15) is 9.59 Å². The summed E-state index contributed by atoms with van der Waals surface area (Å²) in [6.07, 6.45) is 0.575. The van der Waals surface area contributed by atoms with Crippen LogP contribution in [0.5, 0.6) is 0 Å². The van der Waals surface area contributed by atoms with Gasteiger partial charge in [-0.15, -0.1) is 0 Å². The first-order valence-electron chi connectivity index (χ1n) is 6.70. The van der Waals surface area contributed by atoms with Crippen molar-refractivity contribution in [2.75, 3.05) is 13.1 Å². The summed E-state index contributed by atoms with van der Waals surface area (Å²) >= 11 is 5.86. The molecule has 0 saturated heterocycles. The first-order valence-corrected chi connectivity index (χ1v) is 7.08. The number of hydrogen-bond donors (Lipinski definition) is 4. The van der Waals surface area contributed by atoms with Gasteiger partial charge >= 0.3 is 7.12 Å². The maximum atomic E-state index is 11.9. The van der Waals surface area contributed by atoms with Crippen molar-refractivity contribution in [3.63, 3.8) is 0 Å². The van der Waals surface area contributed by atoms with Crippen LogP contribution in [-0.4, -0.2) is 42.1 Å². The lowest BCUT2D eigenvalue weighted by Gasteiger charge is -2.08. The fourth-order valence-electron chi connectivity index (χ4n) is 1.62. The number of nitrogens with one attached hydrogen (secondary N) is 2. The van der Waals surface area contributed by atoms with Crippen LogP contribution in [0.3, 0.4) is 0 Å². The lowest BCUT2D eigenvalue weighted by atomic mass is 9.80. The van der Waals surface area contributed by atoms with Crippen molar-refractivity contribution < 1.29 is 19.6 Å². The molecule has 0 aromatic heterocycles. The van der Waals surface area contributed by atoms with Crippen LogP contribution in [-0.2, 0) is 4.79 Å². The van der Waals surface area contributed by atoms with E-state index in [1.54, 1.807) is 6.92 Å². The minimum Gasteiger partial charge on any atom is -0.423 e. The number of carbonyl (C=O) groups is 2. The zero-order chi connectivity index (χ0) is 16.7. The highest BCUT2D eigenvalue weighted by Crippen LogP contribution is 2.09. The molecule has 22 heavy (non-hydrogen) atoms. The Morgan fingerprint density at radius 1 is 1.27 bits per heavy atom. The molecule has 2 amide bonds. The molecule has 0 aliphatic heterocycles. The number of halogens is 1. The van der Waals surface area contributed by atoms with E-state index < -0.39 is 7.12 Å². The minimum absolute atomic E-state index is 0.108. The molecular formula is C14H18BClN2O4. The van der Waals surface area contributed by atoms with Gasteiger partial charge in [-0.3, -0.25) is 9.59 Å². The minimum atomic E-state index is -1.68. The van der Waals surface area contributed by atoms with Gasteiger partial charge in [-0.1, -0.05) is 24.2 Å². The van der Waals surface area contributed by atoms with E-state index in [1.165, 1.54) is 18.2 Å². The summed E-state index contributed by atoms with van der Waals surface area (Å²) in [5.41, 5.74) is 0.894. The largest absolute Gasteiger partial charge is 0.489 e. The first kappa shape index (κ1) is 18.2. The van der Waals surface area contributed by atoms with Crippen LogP contribution >= 0.6 is 11.6 Å². The summed E-state index contributed by atoms with van der Waals surface area (Å²) < 4.78 is 0. The summed E-state index contributed by atoms with van der Waals surface area (Å²) in [7, 11) is -1.68. The molecule has 1 rings (SSSR count). The van der Waals surface area contributed by atoms with Gasteiger partial charge in [-0.05, 0) is 25.5 Å². The van der Waals surface area contributed by atoms with E-state index in [0.717, 1.165) is 0 Å². The summed E-state index contributed by atoms with van der Waals surface area (Å²) in [6, 6.07) is 4.21. The predicted octanol–water partition coefficient (Wildman–Crippen LogP) is -0.168. The summed E-state index contributed by atoms with van der Waals surface area (Å²) in [6.45, 7) is 5.96. The molecule has 0 atom stereocenters. The van der Waals surface area contributed by atoms with Gasteiger partial charge < -0.3 is 20.7 Å². The van der Waals surface area contributed by atoms with E-state index in [-0.39, 0.29) is 22.3 Å². The molecule has 6 nitrogen and oxygen atoms in total. The Morgan fingerprint density at radius 2 is 1.91 bits per heavy atom. The fourth-order valence-corrected chi connectivity index (χ4v) is 1.90. The number of rotatable bonds is 7. The third kappa shape index (κ3) is 5.52. The average Bonchev–Trinajstić information content (AvgIpc) is 2.45. The second-order valence-corrected chi connectivity index (χ2v) is 5.16. The second-order valence-electron chi connectivity index (χ2n) is 4.76. The van der Waals surface area contributed by atoms with E-state index >= 15 is 0 Å². The van der Waals surface area contributed by atoms with Crippen molar-refractivity contribution in [1.82, 2.24) is 10.6 Å². The van der Waals surface area contributed by atoms with Crippen LogP contribution in [0.4, 0.5) is 0 Å². The molecule has 0 aliphatic carbocycles. The normalized spacial score (nSPS) is 10.0. The maximum Gasteiger partial charge on any atom is 0.489 e. The van der Waals surface area contributed by atoms with Gasteiger partial charge in [-0.25, -0.2) is 0 Å². The molecule has 0 heterocycles. The number of amides is 2. The van der Waals surface area contributed by atoms with Crippen LogP contribution < -0.4 is 16.1 Å². The van der Waals surface area contributed by atoms with Gasteiger partial charge in [0, 0.05) is 34.7 Å². The van der Waals surface area contributed by atoms with Crippen molar-refractivity contribution in [2.24, 2.45) is 0 Å². The topological polar surface area (TPSA) is 98.7 Å². The third-order valence-electron chi connectivity index (χ3n) is 2.85. The molecule has 8 heteroatoms. The summed E-state index contributed by atoms with van der Waals surface area (Å²) in [5.74, 6) is -0.539. The first-order chi connectivity index (χ1) is 10.3. The molecule has 0 spiro atoms. The van der Waals surface area contributed by atoms with Crippen LogP contribution in [0, 0.1) is 0 Å². The van der Waals surface area contributed by atoms with Crippen LogP contribution in [0.1, 0.15) is 23.7 Å². The van der Waals surface area contributed by atoms with Gasteiger partial charge in [0.05, 0.1) is 0 Å². The summed E-state index contributed by atoms with van der Waals surface area (Å²) in [4.78, 5) is 23.1. The zero-order valence-corrected chi connectivity index (χ0v) is 13.0. The van der Waals surface area contributed by atoms with Gasteiger partial charge in [-0.2, -0.15) is 0 Å². The molecule has 0 aliphatic rings. The Morgan fingerprint density at radius 3 is 2.45 bits per heavy atom. The van der Waals surface area contributed by atoms with E-state index in [1.807, 2.05) is 0 Å². The van der Waals surface area contributed by atoms with Crippen molar-refractivity contribution in [2.45, 2.75) is 13.3 Å². The Hall–Kier alpha value is -1.83. The zero-order valence-electron chi connectivity index (χ0n) is 12.2. The molecule has 1 aromatic rings. The van der Waals surface area contributed by atoms with Crippen molar-refractivity contribution in [3.05, 3.63) is 40.9 Å². The molecule has 4 N–H and O–H groups in total. The Labute approximate surface area is 134 Å². The highest BCUT2D eigenvalue weighted by atomic mass is 35.5. The Balaban J connectivity index is 2.41. The van der Waals surface area contributed by atoms with Crippen LogP contribution in [0.25, 0.3) is 0 Å². The lowest BCUT2D eigenvalue weighted by molar-refractivity contribution is -0.117. The quantitative estimate of drug-likeness (QED) is 0.318. The lowest BCUT2D eigenvalue weighted by Crippen LogP contribution is -2.32.